The largest absolute Gasteiger partial charge is 0.471 e. The van der Waals surface area contributed by atoms with Crippen molar-refractivity contribution in [1.82, 2.24) is 5.32 Å². The van der Waals surface area contributed by atoms with Crippen LogP contribution in [0.25, 0.3) is 10.8 Å². The number of aliphatic hydroxyl groups is 3. The van der Waals surface area contributed by atoms with Gasteiger partial charge in [0, 0.05) is 53.5 Å². The molecule has 1 saturated heterocycles. The maximum atomic E-state index is 11.4. The quantitative estimate of drug-likeness (QED) is 0.0735. The molecule has 10 rings (SSSR count). The Bertz CT molecular complexity index is 2260. The summed E-state index contributed by atoms with van der Waals surface area (Å²) in [6, 6.07) is 17.2. The molecule has 0 bridgehead atoms. The van der Waals surface area contributed by atoms with E-state index in [1.165, 1.54) is 55.2 Å². The first-order valence-corrected chi connectivity index (χ1v) is 25.8. The molecule has 1 aromatic heterocycles. The molecule has 15 unspecified atom stereocenters. The van der Waals surface area contributed by atoms with Crippen molar-refractivity contribution in [2.45, 2.75) is 171 Å². The van der Waals surface area contributed by atoms with Gasteiger partial charge in [-0.3, -0.25) is 4.99 Å². The minimum Gasteiger partial charge on any atom is -0.471 e. The Hall–Kier alpha value is -3.61. The number of epoxide rings is 1. The van der Waals surface area contributed by atoms with Crippen molar-refractivity contribution in [3.05, 3.63) is 84.3 Å². The topological polar surface area (TPSA) is 137 Å². The molecule has 0 amide bonds. The van der Waals surface area contributed by atoms with E-state index in [4.69, 9.17) is 26.5 Å². The number of fused-ring (bicyclic) bond motifs is 4. The summed E-state index contributed by atoms with van der Waals surface area (Å²) in [5.74, 6) is 11.4. The lowest BCUT2D eigenvalue weighted by atomic mass is 9.46. The highest BCUT2D eigenvalue weighted by atomic mass is 16.6. The van der Waals surface area contributed by atoms with Crippen molar-refractivity contribution < 1.29 is 24.5 Å². The zero-order valence-corrected chi connectivity index (χ0v) is 39.4. The van der Waals surface area contributed by atoms with Crippen molar-refractivity contribution in [3.8, 4) is 11.8 Å². The highest BCUT2D eigenvalue weighted by molar-refractivity contribution is 5.85. The Morgan fingerprint density at radius 1 is 0.954 bits per heavy atom. The van der Waals surface area contributed by atoms with E-state index in [1.54, 1.807) is 0 Å². The first kappa shape index (κ1) is 45.2. The van der Waals surface area contributed by atoms with Gasteiger partial charge in [0.15, 0.2) is 5.96 Å². The molecule has 3 aromatic rings. The van der Waals surface area contributed by atoms with Crippen molar-refractivity contribution in [2.24, 2.45) is 63.0 Å². The molecule has 2 aliphatic heterocycles. The lowest BCUT2D eigenvalue weighted by Gasteiger charge is -2.58. The molecule has 15 atom stereocenters. The van der Waals surface area contributed by atoms with Gasteiger partial charge in [-0.2, -0.15) is 0 Å². The van der Waals surface area contributed by atoms with Crippen LogP contribution in [0, 0.1) is 64.1 Å². The number of nitrogens with two attached hydrogens (primary N) is 1. The molecular weight excluding hydrogens is 807 g/mol. The van der Waals surface area contributed by atoms with Gasteiger partial charge in [-0.05, 0) is 168 Å². The van der Waals surface area contributed by atoms with Crippen LogP contribution in [0.3, 0.4) is 0 Å². The minimum absolute atomic E-state index is 0.0442. The molecule has 0 radical (unpaired) electrons. The molecule has 3 heterocycles. The summed E-state index contributed by atoms with van der Waals surface area (Å²) in [5, 5.41) is 37.8. The van der Waals surface area contributed by atoms with Crippen molar-refractivity contribution >= 4 is 16.7 Å². The number of guanidine groups is 1. The third-order valence-electron chi connectivity index (χ3n) is 19.1. The normalized spacial score (nSPS) is 41.7. The smallest absolute Gasteiger partial charge is 0.188 e. The van der Waals surface area contributed by atoms with Crippen LogP contribution in [0.2, 0.25) is 0 Å². The summed E-state index contributed by atoms with van der Waals surface area (Å²) in [4.78, 5) is 5.11. The second-order valence-electron chi connectivity index (χ2n) is 23.2. The van der Waals surface area contributed by atoms with Gasteiger partial charge in [0.2, 0.25) is 0 Å². The highest BCUT2D eigenvalue weighted by Gasteiger charge is 2.67. The van der Waals surface area contributed by atoms with Gasteiger partial charge < -0.3 is 35.5 Å². The summed E-state index contributed by atoms with van der Waals surface area (Å²) in [6.45, 7) is 10.7. The molecule has 350 valence electrons. The third kappa shape index (κ3) is 8.98. The molecule has 7 aliphatic rings. The fourth-order valence-corrected chi connectivity index (χ4v) is 15.6. The van der Waals surface area contributed by atoms with Crippen molar-refractivity contribution in [3.63, 3.8) is 0 Å². The molecule has 8 heteroatoms. The number of aliphatic imine (C=N–C) groups is 1. The van der Waals surface area contributed by atoms with Gasteiger partial charge in [0.1, 0.15) is 0 Å². The van der Waals surface area contributed by atoms with Crippen LogP contribution >= 0.6 is 0 Å². The summed E-state index contributed by atoms with van der Waals surface area (Å²) in [5.41, 5.74) is 10.5. The molecule has 1 spiro atoms. The van der Waals surface area contributed by atoms with Crippen LogP contribution in [-0.4, -0.2) is 63.9 Å². The van der Waals surface area contributed by atoms with E-state index >= 15 is 0 Å². The number of aliphatic hydroxyl groups excluding tert-OH is 2. The number of rotatable bonds is 11. The van der Waals surface area contributed by atoms with Crippen molar-refractivity contribution in [1.29, 1.82) is 0 Å². The van der Waals surface area contributed by atoms with E-state index in [0.29, 0.717) is 67.0 Å². The van der Waals surface area contributed by atoms with E-state index in [0.717, 1.165) is 81.4 Å². The van der Waals surface area contributed by atoms with Gasteiger partial charge in [-0.1, -0.05) is 73.5 Å². The van der Waals surface area contributed by atoms with E-state index < -0.39 is 5.60 Å². The second kappa shape index (κ2) is 18.1. The van der Waals surface area contributed by atoms with E-state index in [2.05, 4.69) is 79.5 Å². The van der Waals surface area contributed by atoms with Gasteiger partial charge in [-0.25, -0.2) is 0 Å². The number of nitrogens with one attached hydrogen (secondary N) is 1. The van der Waals surface area contributed by atoms with Crippen molar-refractivity contribution in [2.75, 3.05) is 13.2 Å². The van der Waals surface area contributed by atoms with E-state index in [1.807, 2.05) is 12.5 Å². The van der Waals surface area contributed by atoms with Crippen LogP contribution in [0.4, 0.5) is 0 Å². The lowest BCUT2D eigenvalue weighted by Crippen LogP contribution is -2.51. The summed E-state index contributed by atoms with van der Waals surface area (Å²) >= 11 is 0. The van der Waals surface area contributed by atoms with Gasteiger partial charge in [0.05, 0.1) is 42.5 Å². The fourth-order valence-electron chi connectivity index (χ4n) is 15.6. The summed E-state index contributed by atoms with van der Waals surface area (Å²) < 4.78 is 12.5. The molecule has 6 fully saturated rings. The number of furan rings is 1. The minimum atomic E-state index is -0.704. The molecular formula is C57H77N3O5. The van der Waals surface area contributed by atoms with Gasteiger partial charge >= 0.3 is 0 Å². The molecule has 65 heavy (non-hydrogen) atoms. The first-order valence-electron chi connectivity index (χ1n) is 25.8. The first-order chi connectivity index (χ1) is 31.4. The highest BCUT2D eigenvalue weighted by Crippen LogP contribution is 2.69. The Labute approximate surface area is 388 Å². The van der Waals surface area contributed by atoms with Crippen LogP contribution in [0.15, 0.2) is 82.6 Å². The predicted molar refractivity (Wildman–Crippen MR) is 259 cm³/mol. The predicted octanol–water partition coefficient (Wildman–Crippen LogP) is 10.2. The van der Waals surface area contributed by atoms with Gasteiger partial charge in [-0.15, -0.1) is 5.92 Å². The average Bonchev–Trinajstić information content (AvgIpc) is 3.69. The van der Waals surface area contributed by atoms with Crippen LogP contribution in [0.5, 0.6) is 0 Å². The number of hydrogen-bond acceptors (Lipinski definition) is 8. The van der Waals surface area contributed by atoms with Gasteiger partial charge in [0.25, 0.3) is 0 Å². The molecule has 2 aromatic carbocycles. The van der Waals surface area contributed by atoms with E-state index in [-0.39, 0.29) is 47.0 Å². The Balaban J connectivity index is 0.859. The number of nitrogens with zero attached hydrogens (tertiary/aromatic N) is 1. The second-order valence-corrected chi connectivity index (χ2v) is 23.2. The number of benzene rings is 2. The third-order valence-corrected chi connectivity index (χ3v) is 19.1. The molecule has 6 N–H and O–H groups in total. The van der Waals surface area contributed by atoms with E-state index in [9.17, 15) is 15.3 Å². The van der Waals surface area contributed by atoms with Crippen LogP contribution in [0.1, 0.15) is 146 Å². The summed E-state index contributed by atoms with van der Waals surface area (Å²) in [6.07, 6.45) is 22.4. The van der Waals surface area contributed by atoms with Crippen LogP contribution in [-0.2, 0) is 11.2 Å². The van der Waals surface area contributed by atoms with Crippen LogP contribution < -0.4 is 11.1 Å². The average molecular weight is 884 g/mol. The Morgan fingerprint density at radius 2 is 1.82 bits per heavy atom. The summed E-state index contributed by atoms with van der Waals surface area (Å²) in [7, 11) is 0. The number of ether oxygens (including phenoxy) is 1. The molecule has 5 saturated carbocycles. The SMILES string of the molecule is C=C1CC2(CCC(CCC3(O)CCCC(O)C3)C2)C2OC2(C)CCC2C1CC2(C)C1CC(CCCO)C(C2CC#CC(Cc3ccccc3)C(c3cccc4cocc34)CN=C(N)N2)C1. The fraction of sp³-hybridized carbons (Fsp3) is 0.667. The maximum Gasteiger partial charge on any atom is 0.188 e. The Kier molecular flexibility index (Phi) is 12.6. The number of allylic oxidation sites excluding steroid dienone is 1. The molecule has 8 nitrogen and oxygen atoms in total. The zero-order chi connectivity index (χ0) is 45.0. The Morgan fingerprint density at radius 3 is 2.65 bits per heavy atom. The lowest BCUT2D eigenvalue weighted by molar-refractivity contribution is -0.0704. The standard InChI is InChI=1S/C57H77N3O5/c1-37-30-56(24-19-39(31-56)20-25-57(63)22-9-16-44(62)32-57)52-55(3,65-52)23-21-50-47(37)33-54(50,2)43-28-41(15-10-26-61)46(29-43)51-18-8-13-40(27-38-11-5-4-6-12-38)48(34-59-53(58)60-51)45-17-7-14-42-35-64-36-49(42)45/h4-7,11-12,14,17,35-36,39-41,43-44,46-48,50-52,61-63H,1,9-10,15-16,18-34H2,2-3H3,(H3,58,59,60). The monoisotopic (exact) mass is 884 g/mol. The zero-order valence-electron chi connectivity index (χ0n) is 39.4. The molecule has 5 aliphatic carbocycles. The number of hydrogen-bond donors (Lipinski definition) is 5. The maximum absolute atomic E-state index is 11.4.